The van der Waals surface area contributed by atoms with Crippen molar-refractivity contribution in [3.05, 3.63) is 53.3 Å². The molecule has 3 rings (SSSR count). The van der Waals surface area contributed by atoms with E-state index in [1.165, 1.54) is 12.1 Å². The lowest BCUT2D eigenvalue weighted by Gasteiger charge is -2.30. The zero-order valence-electron chi connectivity index (χ0n) is 11.5. The Morgan fingerprint density at radius 1 is 1.29 bits per heavy atom. The average Bonchev–Trinajstić information content (AvgIpc) is 2.49. The minimum Gasteiger partial charge on any atom is -0.505 e. The van der Waals surface area contributed by atoms with E-state index in [4.69, 9.17) is 15.2 Å². The van der Waals surface area contributed by atoms with Crippen LogP contribution in [0.1, 0.15) is 29.7 Å². The molecule has 2 aromatic carbocycles. The highest BCUT2D eigenvalue weighted by atomic mass is 19.1. The third-order valence-corrected chi connectivity index (χ3v) is 3.70. The number of hydrogen-bond donors (Lipinski definition) is 2. The van der Waals surface area contributed by atoms with Gasteiger partial charge in [-0.1, -0.05) is 12.1 Å². The lowest BCUT2D eigenvalue weighted by atomic mass is 9.93. The lowest BCUT2D eigenvalue weighted by molar-refractivity contribution is 0.160. The molecule has 0 saturated carbocycles. The second kappa shape index (κ2) is 5.26. The summed E-state index contributed by atoms with van der Waals surface area (Å²) >= 11 is 0. The molecule has 4 nitrogen and oxygen atoms in total. The van der Waals surface area contributed by atoms with Crippen molar-refractivity contribution >= 4 is 0 Å². The fourth-order valence-electron chi connectivity index (χ4n) is 2.54. The molecule has 0 aliphatic carbocycles. The number of rotatable bonds is 2. The van der Waals surface area contributed by atoms with Crippen LogP contribution in [-0.4, -0.2) is 12.2 Å². The minimum absolute atomic E-state index is 0.193. The molecule has 1 aliphatic heterocycles. The molecule has 0 radical (unpaired) electrons. The molecule has 1 aliphatic rings. The van der Waals surface area contributed by atoms with E-state index in [1.807, 2.05) is 12.1 Å². The molecule has 5 heteroatoms. The van der Waals surface area contributed by atoms with Crippen molar-refractivity contribution in [3.63, 3.8) is 0 Å². The lowest BCUT2D eigenvalue weighted by Crippen LogP contribution is -2.24. The van der Waals surface area contributed by atoms with E-state index in [2.05, 4.69) is 0 Å². The zero-order valence-corrected chi connectivity index (χ0v) is 11.5. The number of phenols is 1. The van der Waals surface area contributed by atoms with E-state index in [-0.39, 0.29) is 17.9 Å². The molecule has 0 spiro atoms. The SMILES string of the molecule is COc1ccc2c(c1)OC(c1ccc(O)c(F)c1)CC2N. The van der Waals surface area contributed by atoms with Gasteiger partial charge in [-0.3, -0.25) is 0 Å². The topological polar surface area (TPSA) is 64.7 Å². The van der Waals surface area contributed by atoms with Gasteiger partial charge in [0.05, 0.1) is 7.11 Å². The highest BCUT2D eigenvalue weighted by Crippen LogP contribution is 2.41. The van der Waals surface area contributed by atoms with Crippen molar-refractivity contribution in [1.29, 1.82) is 0 Å². The summed E-state index contributed by atoms with van der Waals surface area (Å²) in [4.78, 5) is 0. The van der Waals surface area contributed by atoms with E-state index in [0.717, 1.165) is 5.56 Å². The summed E-state index contributed by atoms with van der Waals surface area (Å²) in [6, 6.07) is 9.54. The monoisotopic (exact) mass is 289 g/mol. The van der Waals surface area contributed by atoms with E-state index < -0.39 is 5.82 Å². The Hall–Kier alpha value is -2.27. The first-order valence-corrected chi connectivity index (χ1v) is 6.67. The van der Waals surface area contributed by atoms with Crippen molar-refractivity contribution in [2.24, 2.45) is 5.73 Å². The summed E-state index contributed by atoms with van der Waals surface area (Å²) in [6.45, 7) is 0. The van der Waals surface area contributed by atoms with E-state index in [0.29, 0.717) is 23.5 Å². The van der Waals surface area contributed by atoms with Crippen LogP contribution in [0.4, 0.5) is 4.39 Å². The standard InChI is InChI=1S/C16H16FNO3/c1-20-10-3-4-11-13(18)8-15(21-16(11)7-10)9-2-5-14(19)12(17)6-9/h2-7,13,15,19H,8,18H2,1H3. The summed E-state index contributed by atoms with van der Waals surface area (Å²) in [7, 11) is 1.58. The predicted octanol–water partition coefficient (Wildman–Crippen LogP) is 3.06. The maximum atomic E-state index is 13.5. The Morgan fingerprint density at radius 2 is 2.10 bits per heavy atom. The first-order valence-electron chi connectivity index (χ1n) is 6.67. The highest BCUT2D eigenvalue weighted by Gasteiger charge is 2.28. The molecule has 2 atom stereocenters. The van der Waals surface area contributed by atoms with Crippen molar-refractivity contribution in [2.75, 3.05) is 7.11 Å². The molecule has 21 heavy (non-hydrogen) atoms. The van der Waals surface area contributed by atoms with E-state index in [9.17, 15) is 9.50 Å². The number of phenolic OH excluding ortho intramolecular Hbond substituents is 1. The van der Waals surface area contributed by atoms with Gasteiger partial charge in [0.1, 0.15) is 17.6 Å². The van der Waals surface area contributed by atoms with Crippen LogP contribution >= 0.6 is 0 Å². The van der Waals surface area contributed by atoms with Crippen LogP contribution in [0.15, 0.2) is 36.4 Å². The molecule has 0 saturated heterocycles. The van der Waals surface area contributed by atoms with Crippen molar-refractivity contribution in [2.45, 2.75) is 18.6 Å². The second-order valence-corrected chi connectivity index (χ2v) is 5.06. The quantitative estimate of drug-likeness (QED) is 0.891. The van der Waals surface area contributed by atoms with Crippen LogP contribution in [0.2, 0.25) is 0 Å². The second-order valence-electron chi connectivity index (χ2n) is 5.06. The molecule has 0 amide bonds. The summed E-state index contributed by atoms with van der Waals surface area (Å²) in [5, 5.41) is 9.26. The van der Waals surface area contributed by atoms with Gasteiger partial charge >= 0.3 is 0 Å². The number of methoxy groups -OCH3 is 1. The summed E-state index contributed by atoms with van der Waals surface area (Å²) in [5.41, 5.74) is 7.73. The fraction of sp³-hybridized carbons (Fsp3) is 0.250. The molecule has 1 heterocycles. The van der Waals surface area contributed by atoms with Crippen LogP contribution in [0, 0.1) is 5.82 Å². The first-order chi connectivity index (χ1) is 10.1. The number of nitrogens with two attached hydrogens (primary N) is 1. The van der Waals surface area contributed by atoms with Crippen molar-refractivity contribution in [1.82, 2.24) is 0 Å². The van der Waals surface area contributed by atoms with Crippen LogP contribution in [0.5, 0.6) is 17.2 Å². The molecule has 0 aromatic heterocycles. The summed E-state index contributed by atoms with van der Waals surface area (Å²) in [5.74, 6) is 0.284. The Kier molecular flexibility index (Phi) is 3.43. The molecular weight excluding hydrogens is 273 g/mol. The van der Waals surface area contributed by atoms with Gasteiger partial charge < -0.3 is 20.3 Å². The van der Waals surface area contributed by atoms with Gasteiger partial charge in [-0.2, -0.15) is 0 Å². The molecule has 2 unspecified atom stereocenters. The van der Waals surface area contributed by atoms with Gasteiger partial charge in [0.15, 0.2) is 11.6 Å². The fourth-order valence-corrected chi connectivity index (χ4v) is 2.54. The Bertz CT molecular complexity index is 675. The Labute approximate surface area is 121 Å². The Morgan fingerprint density at radius 3 is 2.81 bits per heavy atom. The van der Waals surface area contributed by atoms with Crippen molar-refractivity contribution < 1.29 is 19.0 Å². The minimum atomic E-state index is -0.666. The normalized spacial score (nSPS) is 20.5. The average molecular weight is 289 g/mol. The smallest absolute Gasteiger partial charge is 0.165 e. The molecular formula is C16H16FNO3. The number of hydrogen-bond acceptors (Lipinski definition) is 4. The molecule has 0 fully saturated rings. The number of benzene rings is 2. The summed E-state index contributed by atoms with van der Waals surface area (Å²) in [6.07, 6.45) is 0.193. The number of aromatic hydroxyl groups is 1. The van der Waals surface area contributed by atoms with Crippen LogP contribution in [0.3, 0.4) is 0 Å². The maximum Gasteiger partial charge on any atom is 0.165 e. The third-order valence-electron chi connectivity index (χ3n) is 3.70. The van der Waals surface area contributed by atoms with Crippen LogP contribution in [-0.2, 0) is 0 Å². The Balaban J connectivity index is 1.94. The van der Waals surface area contributed by atoms with Crippen LogP contribution in [0.25, 0.3) is 0 Å². The molecule has 110 valence electrons. The van der Waals surface area contributed by atoms with Gasteiger partial charge in [0.2, 0.25) is 0 Å². The largest absolute Gasteiger partial charge is 0.505 e. The van der Waals surface area contributed by atoms with E-state index in [1.54, 1.807) is 19.2 Å². The van der Waals surface area contributed by atoms with Gasteiger partial charge in [0.25, 0.3) is 0 Å². The zero-order chi connectivity index (χ0) is 15.0. The number of ether oxygens (including phenoxy) is 2. The van der Waals surface area contributed by atoms with Gasteiger partial charge in [-0.05, 0) is 23.8 Å². The molecule has 0 bridgehead atoms. The van der Waals surface area contributed by atoms with Gasteiger partial charge in [-0.15, -0.1) is 0 Å². The molecule has 3 N–H and O–H groups in total. The third kappa shape index (κ3) is 2.52. The number of halogens is 1. The van der Waals surface area contributed by atoms with Gasteiger partial charge in [0, 0.05) is 24.1 Å². The predicted molar refractivity (Wildman–Crippen MR) is 76.0 cm³/mol. The highest BCUT2D eigenvalue weighted by molar-refractivity contribution is 5.44. The van der Waals surface area contributed by atoms with Crippen LogP contribution < -0.4 is 15.2 Å². The first kappa shape index (κ1) is 13.7. The summed E-state index contributed by atoms with van der Waals surface area (Å²) < 4.78 is 24.6. The molecule has 2 aromatic rings. The van der Waals surface area contributed by atoms with E-state index >= 15 is 0 Å². The number of fused-ring (bicyclic) bond motifs is 1. The van der Waals surface area contributed by atoms with Crippen molar-refractivity contribution in [3.8, 4) is 17.2 Å². The maximum absolute atomic E-state index is 13.5. The van der Waals surface area contributed by atoms with Gasteiger partial charge in [-0.25, -0.2) is 4.39 Å².